The van der Waals surface area contributed by atoms with E-state index in [1.165, 1.54) is 11.3 Å². The molecule has 6 rings (SSSR count). The Hall–Kier alpha value is -3.55. The molecule has 0 amide bonds. The first kappa shape index (κ1) is 20.1. The Morgan fingerprint density at radius 2 is 1.91 bits per heavy atom. The number of imidazole rings is 1. The number of rotatable bonds is 3. The molecule has 0 spiro atoms. The van der Waals surface area contributed by atoms with Crippen LogP contribution in [0.1, 0.15) is 23.0 Å². The Morgan fingerprint density at radius 1 is 1.12 bits per heavy atom. The predicted molar refractivity (Wildman–Crippen MR) is 132 cm³/mol. The van der Waals surface area contributed by atoms with Crippen molar-refractivity contribution >= 4 is 66.0 Å². The topological polar surface area (TPSA) is 69.4 Å². The number of ether oxygens (including phenoxy) is 1. The Labute approximate surface area is 197 Å². The van der Waals surface area contributed by atoms with Crippen molar-refractivity contribution in [1.29, 1.82) is 0 Å². The van der Waals surface area contributed by atoms with E-state index in [1.807, 2.05) is 59.9 Å². The molecule has 6 nitrogen and oxygen atoms in total. The number of para-hydroxylation sites is 2. The monoisotopic (exact) mass is 472 g/mol. The van der Waals surface area contributed by atoms with Crippen LogP contribution in [0.4, 0.5) is 0 Å². The summed E-state index contributed by atoms with van der Waals surface area (Å²) in [4.78, 5) is 28.3. The van der Waals surface area contributed by atoms with Crippen LogP contribution >= 0.6 is 22.9 Å². The number of hydrogen-bond acceptors (Lipinski definition) is 6. The lowest BCUT2D eigenvalue weighted by atomic mass is 9.95. The quantitative estimate of drug-likeness (QED) is 0.277. The third-order valence-electron chi connectivity index (χ3n) is 5.71. The molecule has 8 heteroatoms. The maximum absolute atomic E-state index is 13.0. The van der Waals surface area contributed by atoms with Crippen LogP contribution < -0.4 is 0 Å². The molecule has 0 unspecified atom stereocenters. The number of esters is 1. The van der Waals surface area contributed by atoms with Gasteiger partial charge in [0.1, 0.15) is 11.2 Å². The van der Waals surface area contributed by atoms with Gasteiger partial charge in [-0.1, -0.05) is 35.9 Å². The second-order valence-corrected chi connectivity index (χ2v) is 9.11. The third kappa shape index (κ3) is 3.00. The molecule has 0 aliphatic rings. The molecule has 33 heavy (non-hydrogen) atoms. The zero-order chi connectivity index (χ0) is 22.7. The Bertz CT molecular complexity index is 1720. The van der Waals surface area contributed by atoms with Crippen molar-refractivity contribution in [2.45, 2.75) is 13.8 Å². The van der Waals surface area contributed by atoms with Crippen molar-refractivity contribution in [2.24, 2.45) is 0 Å². The van der Waals surface area contributed by atoms with Crippen molar-refractivity contribution in [3.63, 3.8) is 0 Å². The lowest BCUT2D eigenvalue weighted by Gasteiger charge is -2.13. The summed E-state index contributed by atoms with van der Waals surface area (Å²) in [7, 11) is 0. The summed E-state index contributed by atoms with van der Waals surface area (Å²) < 4.78 is 8.32. The Kier molecular flexibility index (Phi) is 4.57. The van der Waals surface area contributed by atoms with E-state index in [0.717, 1.165) is 48.2 Å². The van der Waals surface area contributed by atoms with Crippen LogP contribution in [0, 0.1) is 6.92 Å². The molecule has 162 valence electrons. The normalized spacial score (nSPS) is 11.7. The zero-order valence-corrected chi connectivity index (χ0v) is 19.4. The second kappa shape index (κ2) is 7.50. The number of hydrogen-bond donors (Lipinski definition) is 0. The van der Waals surface area contributed by atoms with Gasteiger partial charge in [0, 0.05) is 16.0 Å². The molecule has 2 aromatic carbocycles. The first-order valence-corrected chi connectivity index (χ1v) is 11.7. The van der Waals surface area contributed by atoms with E-state index < -0.39 is 5.97 Å². The summed E-state index contributed by atoms with van der Waals surface area (Å²) in [6, 6.07) is 15.4. The number of carbonyl (C=O) groups is 1. The van der Waals surface area contributed by atoms with Crippen molar-refractivity contribution in [1.82, 2.24) is 19.4 Å². The highest BCUT2D eigenvalue weighted by molar-refractivity contribution is 7.26. The van der Waals surface area contributed by atoms with Crippen LogP contribution in [-0.2, 0) is 4.74 Å². The molecule has 4 heterocycles. The average Bonchev–Trinajstić information content (AvgIpc) is 3.37. The van der Waals surface area contributed by atoms with Gasteiger partial charge in [0.15, 0.2) is 5.65 Å². The molecule has 0 N–H and O–H groups in total. The van der Waals surface area contributed by atoms with Crippen molar-refractivity contribution in [2.75, 3.05) is 6.61 Å². The molecule has 0 radical (unpaired) electrons. The minimum atomic E-state index is -0.402. The number of carbonyl (C=O) groups excluding carboxylic acids is 1. The van der Waals surface area contributed by atoms with E-state index >= 15 is 0 Å². The maximum atomic E-state index is 13.0. The minimum absolute atomic E-state index is 0.278. The lowest BCUT2D eigenvalue weighted by molar-refractivity contribution is 0.0526. The van der Waals surface area contributed by atoms with Gasteiger partial charge in [-0.25, -0.2) is 19.7 Å². The smallest absolute Gasteiger partial charge is 0.340 e. The van der Waals surface area contributed by atoms with Gasteiger partial charge in [-0.2, -0.15) is 0 Å². The number of nitrogens with zero attached hydrogens (tertiary/aromatic N) is 4. The molecule has 0 aliphatic carbocycles. The highest BCUT2D eigenvalue weighted by Crippen LogP contribution is 2.42. The number of aromatic nitrogens is 4. The Balaban J connectivity index is 1.78. The van der Waals surface area contributed by atoms with Gasteiger partial charge in [-0.15, -0.1) is 11.3 Å². The highest BCUT2D eigenvalue weighted by atomic mass is 35.5. The number of thiophene rings is 1. The van der Waals surface area contributed by atoms with Gasteiger partial charge in [0.2, 0.25) is 0 Å². The van der Waals surface area contributed by atoms with Crippen molar-refractivity contribution in [3.8, 4) is 11.1 Å². The molecule has 0 saturated carbocycles. The number of aryl methyl sites for hydroxylation is 1. The molecule has 0 atom stereocenters. The molecule has 0 aliphatic heterocycles. The van der Waals surface area contributed by atoms with E-state index in [0.29, 0.717) is 16.3 Å². The molecule has 4 aromatic heterocycles. The van der Waals surface area contributed by atoms with E-state index in [9.17, 15) is 4.79 Å². The van der Waals surface area contributed by atoms with Gasteiger partial charge in [0.25, 0.3) is 0 Å². The molecule has 0 bridgehead atoms. The molecular formula is C25H17ClN4O2S. The summed E-state index contributed by atoms with van der Waals surface area (Å²) in [6.07, 6.45) is 1.79. The summed E-state index contributed by atoms with van der Waals surface area (Å²) in [5.74, 6) is -0.402. The van der Waals surface area contributed by atoms with Crippen LogP contribution in [0.5, 0.6) is 0 Å². The van der Waals surface area contributed by atoms with E-state index in [1.54, 1.807) is 13.3 Å². The first-order valence-electron chi connectivity index (χ1n) is 10.5. The minimum Gasteiger partial charge on any atom is -0.462 e. The lowest BCUT2D eigenvalue weighted by Crippen LogP contribution is -2.10. The first-order chi connectivity index (χ1) is 16.1. The van der Waals surface area contributed by atoms with E-state index in [4.69, 9.17) is 31.3 Å². The van der Waals surface area contributed by atoms with E-state index in [2.05, 4.69) is 0 Å². The molecule has 0 fully saturated rings. The van der Waals surface area contributed by atoms with E-state index in [-0.39, 0.29) is 6.61 Å². The predicted octanol–water partition coefficient (Wildman–Crippen LogP) is 6.45. The van der Waals surface area contributed by atoms with Crippen LogP contribution in [-0.4, -0.2) is 31.9 Å². The standard InChI is InChI=1S/C25H17ClN4O2S/c1-3-32-25(31)18-13(2)28-24-20(19(18)14-8-10-15(26)11-9-14)21-22(33-24)23-29-16-6-4-5-7-17(16)30(23)12-27-21/h4-12H,3H2,1-2H3. The van der Waals surface area contributed by atoms with Gasteiger partial charge in [-0.3, -0.25) is 4.40 Å². The maximum Gasteiger partial charge on any atom is 0.340 e. The van der Waals surface area contributed by atoms with Gasteiger partial charge >= 0.3 is 5.97 Å². The zero-order valence-electron chi connectivity index (χ0n) is 17.8. The number of pyridine rings is 1. The fourth-order valence-electron chi connectivity index (χ4n) is 4.30. The highest BCUT2D eigenvalue weighted by Gasteiger charge is 2.26. The van der Waals surface area contributed by atoms with Crippen molar-refractivity contribution in [3.05, 3.63) is 71.1 Å². The molecule has 0 saturated heterocycles. The van der Waals surface area contributed by atoms with Gasteiger partial charge in [-0.05, 0) is 43.7 Å². The Morgan fingerprint density at radius 3 is 2.70 bits per heavy atom. The summed E-state index contributed by atoms with van der Waals surface area (Å²) in [5, 5.41) is 1.44. The largest absolute Gasteiger partial charge is 0.462 e. The van der Waals surface area contributed by atoms with Crippen LogP contribution in [0.2, 0.25) is 5.02 Å². The van der Waals surface area contributed by atoms with Crippen LogP contribution in [0.3, 0.4) is 0 Å². The summed E-state index contributed by atoms with van der Waals surface area (Å²) >= 11 is 7.68. The number of benzene rings is 2. The van der Waals surface area contributed by atoms with Crippen molar-refractivity contribution < 1.29 is 9.53 Å². The number of halogens is 1. The van der Waals surface area contributed by atoms with Gasteiger partial charge in [0.05, 0.1) is 39.1 Å². The van der Waals surface area contributed by atoms with Gasteiger partial charge < -0.3 is 4.74 Å². The summed E-state index contributed by atoms with van der Waals surface area (Å²) in [6.45, 7) is 3.91. The third-order valence-corrected chi connectivity index (χ3v) is 7.03. The fraction of sp³-hybridized carbons (Fsp3) is 0.120. The summed E-state index contributed by atoms with van der Waals surface area (Å²) in [5.41, 5.74) is 6.15. The second-order valence-electron chi connectivity index (χ2n) is 7.67. The average molecular weight is 473 g/mol. The van der Waals surface area contributed by atoms with Crippen LogP contribution in [0.15, 0.2) is 54.9 Å². The van der Waals surface area contributed by atoms with Crippen LogP contribution in [0.25, 0.3) is 48.2 Å². The SMILES string of the molecule is CCOC(=O)c1c(C)nc2sc3c(ncn4c5ccccc5nc34)c2c1-c1ccc(Cl)cc1. The number of fused-ring (bicyclic) bond motifs is 7. The molecule has 6 aromatic rings. The molecular weight excluding hydrogens is 456 g/mol. The fourth-order valence-corrected chi connectivity index (χ4v) is 5.59.